The number of thioether (sulfide) groups is 1. The number of amides is 7. The molecule has 0 aliphatic carbocycles. The Morgan fingerprint density at radius 2 is 1.78 bits per heavy atom. The van der Waals surface area contributed by atoms with Crippen molar-refractivity contribution < 1.29 is 33.6 Å². The summed E-state index contributed by atoms with van der Waals surface area (Å²) >= 11 is 1.02. The van der Waals surface area contributed by atoms with Gasteiger partial charge in [-0.15, -0.1) is 11.8 Å². The summed E-state index contributed by atoms with van der Waals surface area (Å²) in [6.45, 7) is 3.41. The molecule has 36 heavy (non-hydrogen) atoms. The zero-order chi connectivity index (χ0) is 27.3. The molecule has 3 unspecified atom stereocenters. The maximum Gasteiger partial charge on any atom is 0.243 e. The molecule has 3 atom stereocenters. The van der Waals surface area contributed by atoms with E-state index in [0.717, 1.165) is 16.7 Å². The zero-order valence-electron chi connectivity index (χ0n) is 20.9. The molecule has 0 aromatic heterocycles. The highest BCUT2D eigenvalue weighted by atomic mass is 32.2. The molecule has 0 aromatic rings. The summed E-state index contributed by atoms with van der Waals surface area (Å²) in [5, 5.41) is 9.45. The highest BCUT2D eigenvalue weighted by Crippen LogP contribution is 2.26. The highest BCUT2D eigenvalue weighted by Gasteiger charge is 2.39. The van der Waals surface area contributed by atoms with Gasteiger partial charge in [0.05, 0.1) is 5.25 Å². The van der Waals surface area contributed by atoms with Gasteiger partial charge in [-0.2, -0.15) is 0 Å². The minimum absolute atomic E-state index is 0.0130. The molecule has 0 aromatic carbocycles. The van der Waals surface area contributed by atoms with Crippen LogP contribution in [-0.4, -0.2) is 89.5 Å². The second-order valence-electron chi connectivity index (χ2n) is 8.25. The number of nitrogens with two attached hydrogens (primary N) is 1. The predicted molar refractivity (Wildman–Crippen MR) is 132 cm³/mol. The number of carbonyl (C=O) groups is 7. The number of unbranched alkanes of at least 4 members (excludes halogenated alkanes) is 1. The quantitative estimate of drug-likeness (QED) is 0.114. The van der Waals surface area contributed by atoms with E-state index in [4.69, 9.17) is 5.73 Å². The fourth-order valence-corrected chi connectivity index (χ4v) is 4.58. The molecule has 6 N–H and O–H groups in total. The Bertz CT molecular complexity index is 853. The van der Waals surface area contributed by atoms with E-state index in [0.29, 0.717) is 25.8 Å². The molecule has 0 saturated carbocycles. The average Bonchev–Trinajstić information content (AvgIpc) is 3.10. The van der Waals surface area contributed by atoms with E-state index in [2.05, 4.69) is 21.3 Å². The monoisotopic (exact) mass is 528 g/mol. The number of likely N-dealkylation sites (tertiary alicyclic amines) is 1. The summed E-state index contributed by atoms with van der Waals surface area (Å²) in [6, 6.07) is -2.04. The second-order valence-corrected chi connectivity index (χ2v) is 9.48. The maximum atomic E-state index is 12.8. The Labute approximate surface area is 214 Å². The van der Waals surface area contributed by atoms with Gasteiger partial charge in [0.1, 0.15) is 12.1 Å². The predicted octanol–water partition coefficient (Wildman–Crippen LogP) is -1.85. The molecule has 1 aliphatic rings. The lowest BCUT2D eigenvalue weighted by molar-refractivity contribution is -0.138. The minimum atomic E-state index is -1.13. The van der Waals surface area contributed by atoms with Crippen molar-refractivity contribution in [3.05, 3.63) is 0 Å². The van der Waals surface area contributed by atoms with Crippen LogP contribution in [0.15, 0.2) is 0 Å². The van der Waals surface area contributed by atoms with Crippen LogP contribution < -0.4 is 27.0 Å². The molecular formula is C22H36N6O7S. The molecule has 1 fully saturated rings. The first-order valence-electron chi connectivity index (χ1n) is 11.8. The van der Waals surface area contributed by atoms with Crippen LogP contribution >= 0.6 is 11.8 Å². The number of imide groups is 1. The first kappa shape index (κ1) is 30.9. The largest absolute Gasteiger partial charge is 0.368 e. The van der Waals surface area contributed by atoms with E-state index in [9.17, 15) is 33.6 Å². The zero-order valence-corrected chi connectivity index (χ0v) is 21.7. The summed E-state index contributed by atoms with van der Waals surface area (Å²) in [6.07, 6.45) is 1.68. The molecule has 0 radical (unpaired) electrons. The molecule has 1 heterocycles. The summed E-state index contributed by atoms with van der Waals surface area (Å²) in [5.74, 6) is -3.17. The van der Waals surface area contributed by atoms with E-state index in [1.165, 1.54) is 14.0 Å². The van der Waals surface area contributed by atoms with Crippen LogP contribution in [0.2, 0.25) is 0 Å². The summed E-state index contributed by atoms with van der Waals surface area (Å²) in [4.78, 5) is 84.8. The van der Waals surface area contributed by atoms with Crippen LogP contribution in [0.1, 0.15) is 52.4 Å². The number of rotatable bonds is 16. The van der Waals surface area contributed by atoms with Crippen LogP contribution in [0.25, 0.3) is 0 Å². The van der Waals surface area contributed by atoms with E-state index in [1.807, 2.05) is 0 Å². The van der Waals surface area contributed by atoms with Crippen molar-refractivity contribution in [1.82, 2.24) is 26.2 Å². The fourth-order valence-electron chi connectivity index (χ4n) is 3.38. The number of hydrogen-bond donors (Lipinski definition) is 5. The second kappa shape index (κ2) is 15.8. The first-order valence-corrected chi connectivity index (χ1v) is 12.8. The Morgan fingerprint density at radius 1 is 1.08 bits per heavy atom. The highest BCUT2D eigenvalue weighted by molar-refractivity contribution is 8.00. The van der Waals surface area contributed by atoms with Crippen LogP contribution in [0.3, 0.4) is 0 Å². The lowest BCUT2D eigenvalue weighted by atomic mass is 10.1. The standard InChI is InChI=1S/C22H36N6O7S/c1-4-17(30)25-9-6-5-7-14(26-13(2)29)21(34)27-15(20(23)33)12-36-16-11-19(32)28(22(16)35)10-8-18(31)24-3/h14-16H,4-12H2,1-3H3,(H2,23,33)(H,24,31)(H,25,30)(H,26,29)(H,27,34). The molecule has 1 aliphatic heterocycles. The number of hydrogen-bond acceptors (Lipinski definition) is 8. The van der Waals surface area contributed by atoms with E-state index >= 15 is 0 Å². The van der Waals surface area contributed by atoms with Gasteiger partial charge in [0.2, 0.25) is 41.4 Å². The lowest BCUT2D eigenvalue weighted by Crippen LogP contribution is -2.53. The molecule has 0 bridgehead atoms. The van der Waals surface area contributed by atoms with Crippen LogP contribution in [-0.2, 0) is 33.6 Å². The molecular weight excluding hydrogens is 492 g/mol. The van der Waals surface area contributed by atoms with Gasteiger partial charge < -0.3 is 27.0 Å². The molecule has 1 rings (SSSR count). The lowest BCUT2D eigenvalue weighted by Gasteiger charge is -2.22. The van der Waals surface area contributed by atoms with Gasteiger partial charge in [0.25, 0.3) is 0 Å². The van der Waals surface area contributed by atoms with Crippen molar-refractivity contribution in [1.29, 1.82) is 0 Å². The van der Waals surface area contributed by atoms with Crippen molar-refractivity contribution in [3.63, 3.8) is 0 Å². The number of nitrogens with zero attached hydrogens (tertiary/aromatic N) is 1. The molecule has 7 amide bonds. The summed E-state index contributed by atoms with van der Waals surface area (Å²) < 4.78 is 0. The number of carbonyl (C=O) groups excluding carboxylic acids is 7. The van der Waals surface area contributed by atoms with Crippen molar-refractivity contribution in [3.8, 4) is 0 Å². The molecule has 0 spiro atoms. The fraction of sp³-hybridized carbons (Fsp3) is 0.682. The maximum absolute atomic E-state index is 12.8. The Balaban J connectivity index is 2.65. The third kappa shape index (κ3) is 10.6. The van der Waals surface area contributed by atoms with Crippen molar-refractivity contribution >= 4 is 53.1 Å². The van der Waals surface area contributed by atoms with Gasteiger partial charge in [-0.05, 0) is 19.3 Å². The topological polar surface area (TPSA) is 197 Å². The van der Waals surface area contributed by atoms with Gasteiger partial charge in [-0.25, -0.2) is 0 Å². The average molecular weight is 529 g/mol. The van der Waals surface area contributed by atoms with Crippen molar-refractivity contribution in [2.24, 2.45) is 5.73 Å². The number of primary amides is 1. The van der Waals surface area contributed by atoms with Crippen LogP contribution in [0.5, 0.6) is 0 Å². The van der Waals surface area contributed by atoms with Crippen LogP contribution in [0, 0.1) is 0 Å². The van der Waals surface area contributed by atoms with Gasteiger partial charge in [0, 0.05) is 52.1 Å². The van der Waals surface area contributed by atoms with E-state index in [-0.39, 0.29) is 43.4 Å². The van der Waals surface area contributed by atoms with E-state index < -0.39 is 46.9 Å². The smallest absolute Gasteiger partial charge is 0.243 e. The van der Waals surface area contributed by atoms with Gasteiger partial charge in [0.15, 0.2) is 0 Å². The Morgan fingerprint density at radius 3 is 2.36 bits per heavy atom. The van der Waals surface area contributed by atoms with Gasteiger partial charge >= 0.3 is 0 Å². The first-order chi connectivity index (χ1) is 17.0. The van der Waals surface area contributed by atoms with Crippen molar-refractivity contribution in [2.45, 2.75) is 69.7 Å². The molecule has 1 saturated heterocycles. The Hall–Kier alpha value is -3.16. The van der Waals surface area contributed by atoms with Crippen LogP contribution in [0.4, 0.5) is 0 Å². The van der Waals surface area contributed by atoms with Gasteiger partial charge in [-0.1, -0.05) is 6.92 Å². The third-order valence-corrected chi connectivity index (χ3v) is 6.72. The van der Waals surface area contributed by atoms with Gasteiger partial charge in [-0.3, -0.25) is 38.5 Å². The Kier molecular flexibility index (Phi) is 13.5. The van der Waals surface area contributed by atoms with E-state index in [1.54, 1.807) is 6.92 Å². The molecule has 13 nitrogen and oxygen atoms in total. The summed E-state index contributed by atoms with van der Waals surface area (Å²) in [7, 11) is 1.45. The number of nitrogens with one attached hydrogen (secondary N) is 4. The summed E-state index contributed by atoms with van der Waals surface area (Å²) in [5.41, 5.74) is 5.44. The normalized spacial score (nSPS) is 16.8. The van der Waals surface area contributed by atoms with Crippen molar-refractivity contribution in [2.75, 3.05) is 25.9 Å². The minimum Gasteiger partial charge on any atom is -0.368 e. The molecule has 202 valence electrons. The molecule has 14 heteroatoms. The third-order valence-electron chi connectivity index (χ3n) is 5.42. The SMILES string of the molecule is CCC(=O)NCCCCC(NC(C)=O)C(=O)NC(CSC1CC(=O)N(CCC(=O)NC)C1=O)C(N)=O.